The van der Waals surface area contributed by atoms with Gasteiger partial charge in [0.25, 0.3) is 0 Å². The number of halogens is 1. The molecule has 102 valence electrons. The maximum absolute atomic E-state index is 9.19. The number of aromatic nitrogens is 2. The van der Waals surface area contributed by atoms with Crippen molar-refractivity contribution in [3.05, 3.63) is 5.89 Å². The molecule has 1 unspecified atom stereocenters. The van der Waals surface area contributed by atoms with Crippen LogP contribution in [-0.2, 0) is 0 Å². The van der Waals surface area contributed by atoms with Crippen molar-refractivity contribution in [3.8, 4) is 0 Å². The van der Waals surface area contributed by atoms with E-state index in [4.69, 9.17) is 16.0 Å². The van der Waals surface area contributed by atoms with E-state index in [9.17, 15) is 5.11 Å². The molecule has 0 aliphatic heterocycles. The lowest BCUT2D eigenvalue weighted by Crippen LogP contribution is -2.39. The molecule has 0 radical (unpaired) electrons. The summed E-state index contributed by atoms with van der Waals surface area (Å²) in [4.78, 5) is 2.02. The van der Waals surface area contributed by atoms with E-state index in [1.165, 1.54) is 19.3 Å². The summed E-state index contributed by atoms with van der Waals surface area (Å²) in [6, 6.07) is 0.878. The molecule has 1 aliphatic rings. The summed E-state index contributed by atoms with van der Waals surface area (Å²) >= 11 is 5.92. The average Bonchev–Trinajstić information content (AvgIpc) is 2.86. The van der Waals surface area contributed by atoms with Crippen LogP contribution in [0.5, 0.6) is 0 Å². The number of rotatable bonds is 5. The molecule has 1 saturated carbocycles. The number of aliphatic hydroxyl groups excluding tert-OH is 1. The monoisotopic (exact) mass is 273 g/mol. The van der Waals surface area contributed by atoms with Gasteiger partial charge >= 0.3 is 6.01 Å². The minimum absolute atomic E-state index is 0.0879. The van der Waals surface area contributed by atoms with Crippen LogP contribution in [0.1, 0.15) is 50.3 Å². The summed E-state index contributed by atoms with van der Waals surface area (Å²) in [7, 11) is 0. The molecular weight excluding hydrogens is 254 g/mol. The highest BCUT2D eigenvalue weighted by Gasteiger charge is 2.25. The van der Waals surface area contributed by atoms with Crippen LogP contribution in [0, 0.1) is 0 Å². The van der Waals surface area contributed by atoms with Gasteiger partial charge in [0.15, 0.2) is 0 Å². The first-order chi connectivity index (χ1) is 8.72. The Kier molecular flexibility index (Phi) is 4.83. The van der Waals surface area contributed by atoms with Crippen LogP contribution < -0.4 is 4.90 Å². The van der Waals surface area contributed by atoms with Gasteiger partial charge in [0.05, 0.1) is 6.61 Å². The van der Waals surface area contributed by atoms with Crippen molar-refractivity contribution in [2.75, 3.05) is 18.1 Å². The molecule has 0 saturated heterocycles. The second-order valence-electron chi connectivity index (χ2n) is 4.75. The SMILES string of the molecule is CC(Cl)c1nnc(N(CCO)C2CCCCC2)o1. The highest BCUT2D eigenvalue weighted by Crippen LogP contribution is 2.28. The van der Waals surface area contributed by atoms with Crippen molar-refractivity contribution >= 4 is 17.6 Å². The first-order valence-corrected chi connectivity index (χ1v) is 7.01. The number of aliphatic hydroxyl groups is 1. The third kappa shape index (κ3) is 3.14. The number of alkyl halides is 1. The topological polar surface area (TPSA) is 62.4 Å². The van der Waals surface area contributed by atoms with Crippen molar-refractivity contribution in [1.82, 2.24) is 10.2 Å². The Morgan fingerprint density at radius 3 is 2.67 bits per heavy atom. The zero-order valence-electron chi connectivity index (χ0n) is 10.7. The van der Waals surface area contributed by atoms with Gasteiger partial charge in [-0.2, -0.15) is 0 Å². The fourth-order valence-electron chi connectivity index (χ4n) is 2.44. The Morgan fingerprint density at radius 2 is 2.11 bits per heavy atom. The molecule has 0 aromatic carbocycles. The fourth-order valence-corrected chi connectivity index (χ4v) is 2.53. The van der Waals surface area contributed by atoms with Crippen molar-refractivity contribution in [3.63, 3.8) is 0 Å². The van der Waals surface area contributed by atoms with E-state index in [1.54, 1.807) is 6.92 Å². The lowest BCUT2D eigenvalue weighted by molar-refractivity contribution is 0.283. The van der Waals surface area contributed by atoms with Gasteiger partial charge in [-0.15, -0.1) is 16.7 Å². The molecule has 0 spiro atoms. The van der Waals surface area contributed by atoms with Gasteiger partial charge in [0.1, 0.15) is 5.38 Å². The van der Waals surface area contributed by atoms with Crippen LogP contribution >= 0.6 is 11.6 Å². The summed E-state index contributed by atoms with van der Waals surface area (Å²) in [5.74, 6) is 0.436. The maximum atomic E-state index is 9.19. The third-order valence-corrected chi connectivity index (χ3v) is 3.56. The Bertz CT molecular complexity index is 364. The lowest BCUT2D eigenvalue weighted by Gasteiger charge is -2.32. The molecule has 2 rings (SSSR count). The molecule has 5 nitrogen and oxygen atoms in total. The van der Waals surface area contributed by atoms with E-state index in [-0.39, 0.29) is 12.0 Å². The van der Waals surface area contributed by atoms with E-state index in [2.05, 4.69) is 10.2 Å². The maximum Gasteiger partial charge on any atom is 0.318 e. The smallest absolute Gasteiger partial charge is 0.318 e. The lowest BCUT2D eigenvalue weighted by atomic mass is 9.94. The van der Waals surface area contributed by atoms with Crippen LogP contribution in [-0.4, -0.2) is 34.5 Å². The first-order valence-electron chi connectivity index (χ1n) is 6.57. The number of hydrogen-bond donors (Lipinski definition) is 1. The molecular formula is C12H20ClN3O2. The summed E-state index contributed by atoms with van der Waals surface area (Å²) < 4.78 is 5.57. The zero-order chi connectivity index (χ0) is 13.0. The molecule has 1 heterocycles. The standard InChI is InChI=1S/C12H20ClN3O2/c1-9(13)11-14-15-12(18-11)16(7-8-17)10-5-3-2-4-6-10/h9-10,17H,2-8H2,1H3. The third-order valence-electron chi connectivity index (χ3n) is 3.37. The summed E-state index contributed by atoms with van der Waals surface area (Å²) in [5, 5.41) is 16.9. The normalized spacial score (nSPS) is 18.8. The van der Waals surface area contributed by atoms with Crippen molar-refractivity contribution in [1.29, 1.82) is 0 Å². The predicted molar refractivity (Wildman–Crippen MR) is 69.9 cm³/mol. The molecule has 0 bridgehead atoms. The van der Waals surface area contributed by atoms with Crippen LogP contribution in [0.4, 0.5) is 6.01 Å². The molecule has 0 amide bonds. The van der Waals surface area contributed by atoms with Gasteiger partial charge in [-0.1, -0.05) is 24.4 Å². The molecule has 1 aromatic rings. The van der Waals surface area contributed by atoms with Gasteiger partial charge in [-0.25, -0.2) is 0 Å². The molecule has 18 heavy (non-hydrogen) atoms. The highest BCUT2D eigenvalue weighted by atomic mass is 35.5. The van der Waals surface area contributed by atoms with Crippen molar-refractivity contribution in [2.24, 2.45) is 0 Å². The number of hydrogen-bond acceptors (Lipinski definition) is 5. The summed E-state index contributed by atoms with van der Waals surface area (Å²) in [5.41, 5.74) is 0. The van der Waals surface area contributed by atoms with Gasteiger partial charge in [0.2, 0.25) is 5.89 Å². The second-order valence-corrected chi connectivity index (χ2v) is 5.40. The Hall–Kier alpha value is -0.810. The summed E-state index contributed by atoms with van der Waals surface area (Å²) in [6.45, 7) is 2.42. The minimum Gasteiger partial charge on any atom is -0.406 e. The van der Waals surface area contributed by atoms with E-state index >= 15 is 0 Å². The van der Waals surface area contributed by atoms with Gasteiger partial charge < -0.3 is 14.4 Å². The van der Waals surface area contributed by atoms with Gasteiger partial charge in [-0.05, 0) is 19.8 Å². The van der Waals surface area contributed by atoms with Crippen LogP contribution in [0.2, 0.25) is 0 Å². The van der Waals surface area contributed by atoms with E-state index < -0.39 is 0 Å². The zero-order valence-corrected chi connectivity index (χ0v) is 11.4. The number of anilines is 1. The molecule has 1 atom stereocenters. The quantitative estimate of drug-likeness (QED) is 0.835. The average molecular weight is 274 g/mol. The molecule has 6 heteroatoms. The van der Waals surface area contributed by atoms with Crippen molar-refractivity contribution in [2.45, 2.75) is 50.4 Å². The van der Waals surface area contributed by atoms with E-state index in [0.29, 0.717) is 24.5 Å². The van der Waals surface area contributed by atoms with Crippen LogP contribution in [0.3, 0.4) is 0 Å². The largest absolute Gasteiger partial charge is 0.406 e. The molecule has 1 aliphatic carbocycles. The predicted octanol–water partition coefficient (Wildman–Crippen LogP) is 2.50. The van der Waals surface area contributed by atoms with E-state index in [0.717, 1.165) is 12.8 Å². The first kappa shape index (κ1) is 13.6. The van der Waals surface area contributed by atoms with Crippen LogP contribution in [0.15, 0.2) is 4.42 Å². The Balaban J connectivity index is 2.11. The number of nitrogens with zero attached hydrogens (tertiary/aromatic N) is 3. The summed E-state index contributed by atoms with van der Waals surface area (Å²) in [6.07, 6.45) is 5.97. The molecule has 1 N–H and O–H groups in total. The van der Waals surface area contributed by atoms with Gasteiger partial charge in [-0.3, -0.25) is 0 Å². The highest BCUT2D eigenvalue weighted by molar-refractivity contribution is 6.20. The minimum atomic E-state index is -0.284. The van der Waals surface area contributed by atoms with Crippen LogP contribution in [0.25, 0.3) is 0 Å². The second kappa shape index (κ2) is 6.38. The van der Waals surface area contributed by atoms with Crippen molar-refractivity contribution < 1.29 is 9.52 Å². The van der Waals surface area contributed by atoms with E-state index in [1.807, 2.05) is 4.90 Å². The molecule has 1 fully saturated rings. The fraction of sp³-hybridized carbons (Fsp3) is 0.833. The van der Waals surface area contributed by atoms with Gasteiger partial charge in [0, 0.05) is 12.6 Å². The molecule has 1 aromatic heterocycles. The Labute approximate surface area is 112 Å². The Morgan fingerprint density at radius 1 is 1.39 bits per heavy atom.